The predicted molar refractivity (Wildman–Crippen MR) is 74.3 cm³/mol. The maximum absolute atomic E-state index is 6.09. The quantitative estimate of drug-likeness (QED) is 0.852. The van der Waals surface area contributed by atoms with Gasteiger partial charge in [-0.2, -0.15) is 5.10 Å². The van der Waals surface area contributed by atoms with Crippen molar-refractivity contribution < 1.29 is 9.47 Å². The average Bonchev–Trinajstić information content (AvgIpc) is 2.83. The molecule has 4 rings (SSSR count). The number of rotatable bonds is 6. The second kappa shape index (κ2) is 4.55. The van der Waals surface area contributed by atoms with E-state index in [9.17, 15) is 0 Å². The minimum absolute atomic E-state index is 0.170. The Hall–Kier alpha value is -0.910. The highest BCUT2D eigenvalue weighted by molar-refractivity contribution is 5.28. The molecule has 1 aromatic rings. The lowest BCUT2D eigenvalue weighted by atomic mass is 9.73. The summed E-state index contributed by atoms with van der Waals surface area (Å²) in [5, 5.41) is 8.17. The fourth-order valence-electron chi connectivity index (χ4n) is 4.01. The van der Waals surface area contributed by atoms with Crippen molar-refractivity contribution in [1.29, 1.82) is 0 Å². The van der Waals surface area contributed by atoms with Crippen LogP contribution in [0.5, 0.6) is 0 Å². The minimum Gasteiger partial charge on any atom is -0.383 e. The Morgan fingerprint density at radius 1 is 1.55 bits per heavy atom. The summed E-state index contributed by atoms with van der Waals surface area (Å²) in [5.74, 6) is 0.742. The first-order valence-corrected chi connectivity index (χ1v) is 7.67. The first-order valence-electron chi connectivity index (χ1n) is 7.67. The molecular weight excluding hydrogens is 254 g/mol. The van der Waals surface area contributed by atoms with Crippen LogP contribution in [0.2, 0.25) is 0 Å². The van der Waals surface area contributed by atoms with E-state index in [0.29, 0.717) is 6.61 Å². The Kier molecular flexibility index (Phi) is 2.91. The van der Waals surface area contributed by atoms with E-state index in [0.717, 1.165) is 25.6 Å². The van der Waals surface area contributed by atoms with Crippen LogP contribution in [0.1, 0.15) is 31.2 Å². The lowest BCUT2D eigenvalue weighted by Gasteiger charge is -2.45. The molecule has 2 atom stereocenters. The van der Waals surface area contributed by atoms with Gasteiger partial charge in [0.15, 0.2) is 0 Å². The molecule has 1 aromatic heterocycles. The molecule has 5 heteroatoms. The highest BCUT2D eigenvalue weighted by atomic mass is 16.5. The van der Waals surface area contributed by atoms with E-state index in [-0.39, 0.29) is 11.1 Å². The molecule has 2 aliphatic carbocycles. The van der Waals surface area contributed by atoms with Gasteiger partial charge in [-0.05, 0) is 25.7 Å². The first-order chi connectivity index (χ1) is 9.78. The van der Waals surface area contributed by atoms with Crippen molar-refractivity contribution in [3.8, 4) is 0 Å². The fourth-order valence-corrected chi connectivity index (χ4v) is 4.01. The topological polar surface area (TPSA) is 48.3 Å². The van der Waals surface area contributed by atoms with Crippen LogP contribution in [0.15, 0.2) is 12.4 Å². The third-order valence-electron chi connectivity index (χ3n) is 5.46. The van der Waals surface area contributed by atoms with Crippen LogP contribution in [0.4, 0.5) is 0 Å². The molecule has 110 valence electrons. The largest absolute Gasteiger partial charge is 0.383 e. The normalized spacial score (nSPS) is 33.1. The third-order valence-corrected chi connectivity index (χ3v) is 5.46. The van der Waals surface area contributed by atoms with E-state index >= 15 is 0 Å². The highest BCUT2D eigenvalue weighted by Crippen LogP contribution is 2.64. The van der Waals surface area contributed by atoms with Crippen LogP contribution in [-0.2, 0) is 22.6 Å². The number of hydrogen-bond acceptors (Lipinski definition) is 4. The first kappa shape index (κ1) is 12.8. The molecule has 5 nitrogen and oxygen atoms in total. The van der Waals surface area contributed by atoms with E-state index in [2.05, 4.69) is 16.6 Å². The van der Waals surface area contributed by atoms with E-state index in [1.165, 1.54) is 31.2 Å². The molecule has 1 spiro atoms. The summed E-state index contributed by atoms with van der Waals surface area (Å²) in [7, 11) is 1.72. The molecule has 0 unspecified atom stereocenters. The number of aromatic nitrogens is 2. The van der Waals surface area contributed by atoms with Gasteiger partial charge in [0.25, 0.3) is 0 Å². The summed E-state index contributed by atoms with van der Waals surface area (Å²) in [6.07, 6.45) is 9.17. The summed E-state index contributed by atoms with van der Waals surface area (Å²) in [6, 6.07) is 0. The number of fused-ring (bicyclic) bond motifs is 2. The molecule has 2 heterocycles. The SMILES string of the molecule is COCCn1cc(CN[C@]23C[C@H]2COC32CCC2)cn1. The molecule has 3 fully saturated rings. The van der Waals surface area contributed by atoms with E-state index < -0.39 is 0 Å². The minimum atomic E-state index is 0.170. The van der Waals surface area contributed by atoms with Crippen molar-refractivity contribution in [3.63, 3.8) is 0 Å². The molecule has 3 aliphatic rings. The molecule has 0 amide bonds. The Balaban J connectivity index is 1.38. The summed E-state index contributed by atoms with van der Waals surface area (Å²) in [5.41, 5.74) is 1.70. The van der Waals surface area contributed by atoms with Gasteiger partial charge in [-0.1, -0.05) is 0 Å². The molecule has 0 aromatic carbocycles. The summed E-state index contributed by atoms with van der Waals surface area (Å²) in [4.78, 5) is 0. The van der Waals surface area contributed by atoms with E-state index in [1.54, 1.807) is 7.11 Å². The monoisotopic (exact) mass is 277 g/mol. The Labute approximate surface area is 119 Å². The van der Waals surface area contributed by atoms with Crippen LogP contribution in [0, 0.1) is 5.92 Å². The van der Waals surface area contributed by atoms with Gasteiger partial charge in [0.1, 0.15) is 0 Å². The zero-order valence-corrected chi connectivity index (χ0v) is 12.1. The van der Waals surface area contributed by atoms with Crippen LogP contribution in [-0.4, -0.2) is 41.2 Å². The van der Waals surface area contributed by atoms with Crippen LogP contribution in [0.25, 0.3) is 0 Å². The van der Waals surface area contributed by atoms with Crippen molar-refractivity contribution in [2.75, 3.05) is 20.3 Å². The Bertz CT molecular complexity index is 497. The van der Waals surface area contributed by atoms with Crippen LogP contribution >= 0.6 is 0 Å². The standard InChI is InChI=1S/C15H23N3O2/c1-19-6-5-18-10-12(9-17-18)8-16-15-7-13(15)11-20-14(15)3-2-4-14/h9-10,13,16H,2-8,11H2,1H3/t13-,15+/m0/s1. The third kappa shape index (κ3) is 1.76. The summed E-state index contributed by atoms with van der Waals surface area (Å²) < 4.78 is 13.1. The zero-order valence-electron chi connectivity index (χ0n) is 12.1. The van der Waals surface area contributed by atoms with Gasteiger partial charge in [-0.15, -0.1) is 0 Å². The second-order valence-corrected chi connectivity index (χ2v) is 6.49. The Morgan fingerprint density at radius 2 is 2.45 bits per heavy atom. The number of nitrogens with zero attached hydrogens (tertiary/aromatic N) is 2. The van der Waals surface area contributed by atoms with Crippen molar-refractivity contribution in [3.05, 3.63) is 18.0 Å². The van der Waals surface area contributed by atoms with Crippen molar-refractivity contribution in [2.45, 2.75) is 49.9 Å². The highest BCUT2D eigenvalue weighted by Gasteiger charge is 2.73. The molecule has 20 heavy (non-hydrogen) atoms. The predicted octanol–water partition coefficient (Wildman–Crippen LogP) is 1.33. The molecule has 1 aliphatic heterocycles. The van der Waals surface area contributed by atoms with Crippen molar-refractivity contribution >= 4 is 0 Å². The zero-order chi connectivity index (χ0) is 13.6. The number of methoxy groups -OCH3 is 1. The van der Waals surface area contributed by atoms with Gasteiger partial charge < -0.3 is 14.8 Å². The lowest BCUT2D eigenvalue weighted by molar-refractivity contribution is -0.0961. The number of nitrogens with one attached hydrogen (secondary N) is 1. The number of hydrogen-bond donors (Lipinski definition) is 1. The maximum Gasteiger partial charge on any atom is 0.0867 e. The van der Waals surface area contributed by atoms with Crippen LogP contribution in [0.3, 0.4) is 0 Å². The van der Waals surface area contributed by atoms with Crippen LogP contribution < -0.4 is 5.32 Å². The molecule has 1 N–H and O–H groups in total. The van der Waals surface area contributed by atoms with E-state index in [1.807, 2.05) is 10.9 Å². The van der Waals surface area contributed by atoms with Gasteiger partial charge in [-0.3, -0.25) is 4.68 Å². The van der Waals surface area contributed by atoms with Crippen molar-refractivity contribution in [1.82, 2.24) is 15.1 Å². The summed E-state index contributed by atoms with van der Waals surface area (Å²) >= 11 is 0. The van der Waals surface area contributed by atoms with Crippen molar-refractivity contribution in [2.24, 2.45) is 5.92 Å². The maximum atomic E-state index is 6.09. The van der Waals surface area contributed by atoms with E-state index in [4.69, 9.17) is 9.47 Å². The molecule has 0 bridgehead atoms. The summed E-state index contributed by atoms with van der Waals surface area (Å²) in [6.45, 7) is 3.38. The van der Waals surface area contributed by atoms with Gasteiger partial charge in [0.2, 0.25) is 0 Å². The van der Waals surface area contributed by atoms with Gasteiger partial charge in [0.05, 0.1) is 37.1 Å². The average molecular weight is 277 g/mol. The lowest BCUT2D eigenvalue weighted by Crippen LogP contribution is -2.56. The fraction of sp³-hybridized carbons (Fsp3) is 0.800. The molecule has 1 saturated heterocycles. The number of ether oxygens (including phenoxy) is 2. The molecule has 2 saturated carbocycles. The van der Waals surface area contributed by atoms with Gasteiger partial charge >= 0.3 is 0 Å². The van der Waals surface area contributed by atoms with Gasteiger partial charge in [-0.25, -0.2) is 0 Å². The molecule has 0 radical (unpaired) electrons. The molecular formula is C15H23N3O2. The second-order valence-electron chi connectivity index (χ2n) is 6.49. The smallest absolute Gasteiger partial charge is 0.0867 e. The van der Waals surface area contributed by atoms with Gasteiger partial charge in [0, 0.05) is 31.3 Å². The Morgan fingerprint density at radius 3 is 3.15 bits per heavy atom.